The summed E-state index contributed by atoms with van der Waals surface area (Å²) in [4.78, 5) is 31.0. The maximum absolute atomic E-state index is 10.8. The van der Waals surface area contributed by atoms with E-state index in [-0.39, 0.29) is 0 Å². The van der Waals surface area contributed by atoms with Crippen LogP contribution in [0.1, 0.15) is 12.8 Å². The highest BCUT2D eigenvalue weighted by molar-refractivity contribution is 5.88. The number of aliphatic carboxylic acids is 2. The summed E-state index contributed by atoms with van der Waals surface area (Å²) in [6.45, 7) is 0. The van der Waals surface area contributed by atoms with Crippen molar-refractivity contribution in [2.24, 2.45) is 0 Å². The lowest BCUT2D eigenvalue weighted by molar-refractivity contribution is -0.151. The van der Waals surface area contributed by atoms with Crippen molar-refractivity contribution < 1.29 is 34.8 Å². The lowest BCUT2D eigenvalue weighted by Gasteiger charge is -2.06. The second-order valence-electron chi connectivity index (χ2n) is 2.65. The number of carbonyl (C=O) groups is 3. The number of aliphatic hydroxyl groups is 2. The highest BCUT2D eigenvalue weighted by Crippen LogP contribution is 2.01. The Bertz CT molecular complexity index is 222. The van der Waals surface area contributed by atoms with Gasteiger partial charge in [-0.15, -0.1) is 0 Å². The fourth-order valence-corrected chi connectivity index (χ4v) is 0.689. The molecule has 4 N–H and O–H groups in total. The highest BCUT2D eigenvalue weighted by Gasteiger charge is 2.22. The van der Waals surface area contributed by atoms with E-state index in [0.29, 0.717) is 0 Å². The summed E-state index contributed by atoms with van der Waals surface area (Å²) in [5, 5.41) is 33.8. The second kappa shape index (κ2) is 5.30. The fourth-order valence-electron chi connectivity index (χ4n) is 0.689. The predicted molar refractivity (Wildman–Crippen MR) is 41.5 cm³/mol. The van der Waals surface area contributed by atoms with Gasteiger partial charge in [0.15, 0.2) is 12.2 Å². The topological polar surface area (TPSA) is 132 Å². The molecule has 7 nitrogen and oxygen atoms in total. The van der Waals surface area contributed by atoms with Gasteiger partial charge in [-0.2, -0.15) is 0 Å². The maximum Gasteiger partial charge on any atom is 0.332 e. The Balaban J connectivity index is 3.99. The summed E-state index contributed by atoms with van der Waals surface area (Å²) >= 11 is 0. The third kappa shape index (κ3) is 4.53. The summed E-state index contributed by atoms with van der Waals surface area (Å²) in [5.41, 5.74) is 0. The molecule has 0 aromatic heterocycles. The Labute approximate surface area is 78.6 Å². The first-order chi connectivity index (χ1) is 6.34. The Morgan fingerprint density at radius 2 is 1.14 bits per heavy atom. The third-order valence-electron chi connectivity index (χ3n) is 1.41. The molecule has 0 unspecified atom stereocenters. The van der Waals surface area contributed by atoms with Gasteiger partial charge in [-0.05, 0) is 0 Å². The van der Waals surface area contributed by atoms with E-state index in [4.69, 9.17) is 20.4 Å². The standard InChI is InChI=1S/C7H10O7/c8-3(1-4(9)6(11)12)2-5(10)7(13)14/h4-5,9-10H,1-2H2,(H,11,12)(H,13,14)/t4-,5+. The van der Waals surface area contributed by atoms with E-state index in [1.54, 1.807) is 0 Å². The molecule has 0 aliphatic heterocycles. The van der Waals surface area contributed by atoms with Crippen LogP contribution in [0.25, 0.3) is 0 Å². The zero-order valence-corrected chi connectivity index (χ0v) is 7.08. The number of carboxylic acids is 2. The summed E-state index contributed by atoms with van der Waals surface area (Å²) in [7, 11) is 0. The van der Waals surface area contributed by atoms with E-state index < -0.39 is 42.8 Å². The van der Waals surface area contributed by atoms with E-state index in [9.17, 15) is 14.4 Å². The van der Waals surface area contributed by atoms with E-state index in [1.807, 2.05) is 0 Å². The van der Waals surface area contributed by atoms with Crippen molar-refractivity contribution in [2.45, 2.75) is 25.0 Å². The van der Waals surface area contributed by atoms with Gasteiger partial charge in [0.1, 0.15) is 5.78 Å². The Kier molecular flexibility index (Phi) is 4.74. The van der Waals surface area contributed by atoms with Crippen LogP contribution in [-0.4, -0.2) is 50.4 Å². The molecule has 0 spiro atoms. The van der Waals surface area contributed by atoms with E-state index in [2.05, 4.69) is 0 Å². The maximum atomic E-state index is 10.8. The summed E-state index contributed by atoms with van der Waals surface area (Å²) in [6.07, 6.45) is -5.13. The van der Waals surface area contributed by atoms with E-state index >= 15 is 0 Å². The molecule has 0 heterocycles. The number of hydrogen-bond acceptors (Lipinski definition) is 5. The van der Waals surface area contributed by atoms with Gasteiger partial charge in [-0.1, -0.05) is 0 Å². The first-order valence-corrected chi connectivity index (χ1v) is 3.68. The average molecular weight is 206 g/mol. The van der Waals surface area contributed by atoms with Crippen LogP contribution in [0.3, 0.4) is 0 Å². The molecule has 0 rings (SSSR count). The van der Waals surface area contributed by atoms with Crippen LogP contribution < -0.4 is 0 Å². The molecule has 2 atom stereocenters. The molecule has 14 heavy (non-hydrogen) atoms. The first kappa shape index (κ1) is 12.5. The predicted octanol–water partition coefficient (Wildman–Crippen LogP) is -1.77. The van der Waals surface area contributed by atoms with Gasteiger partial charge in [-0.25, -0.2) is 9.59 Å². The molecule has 0 aliphatic rings. The largest absolute Gasteiger partial charge is 0.479 e. The smallest absolute Gasteiger partial charge is 0.332 e. The zero-order valence-electron chi connectivity index (χ0n) is 7.08. The third-order valence-corrected chi connectivity index (χ3v) is 1.41. The minimum Gasteiger partial charge on any atom is -0.479 e. The molecular weight excluding hydrogens is 196 g/mol. The highest BCUT2D eigenvalue weighted by atomic mass is 16.4. The molecule has 0 bridgehead atoms. The number of hydrogen-bond donors (Lipinski definition) is 4. The zero-order chi connectivity index (χ0) is 11.3. The summed E-state index contributed by atoms with van der Waals surface area (Å²) in [6, 6.07) is 0. The van der Waals surface area contributed by atoms with Crippen LogP contribution >= 0.6 is 0 Å². The number of rotatable bonds is 6. The van der Waals surface area contributed by atoms with Crippen LogP contribution in [0.4, 0.5) is 0 Å². The van der Waals surface area contributed by atoms with Gasteiger partial charge in [-0.3, -0.25) is 4.79 Å². The van der Waals surface area contributed by atoms with Gasteiger partial charge < -0.3 is 20.4 Å². The molecule has 0 radical (unpaired) electrons. The normalized spacial score (nSPS) is 14.4. The summed E-state index contributed by atoms with van der Waals surface area (Å²) in [5.74, 6) is -3.96. The van der Waals surface area contributed by atoms with Crippen LogP contribution in [0, 0.1) is 0 Å². The van der Waals surface area contributed by atoms with Crippen molar-refractivity contribution in [3.05, 3.63) is 0 Å². The number of carbonyl (C=O) groups excluding carboxylic acids is 1. The van der Waals surface area contributed by atoms with Gasteiger partial charge in [0.05, 0.1) is 0 Å². The molecule has 0 fully saturated rings. The SMILES string of the molecule is O=C(C[C@@H](O)C(=O)O)C[C@H](O)C(=O)O. The van der Waals surface area contributed by atoms with Crippen LogP contribution in [0.2, 0.25) is 0 Å². The molecule has 0 aromatic rings. The Hall–Kier alpha value is -1.47. The lowest BCUT2D eigenvalue weighted by Crippen LogP contribution is -2.28. The van der Waals surface area contributed by atoms with Crippen molar-refractivity contribution in [2.75, 3.05) is 0 Å². The van der Waals surface area contributed by atoms with Gasteiger partial charge in [0.25, 0.3) is 0 Å². The van der Waals surface area contributed by atoms with Crippen LogP contribution in [0.5, 0.6) is 0 Å². The van der Waals surface area contributed by atoms with Crippen molar-refractivity contribution >= 4 is 17.7 Å². The second-order valence-corrected chi connectivity index (χ2v) is 2.65. The van der Waals surface area contributed by atoms with Crippen molar-refractivity contribution in [3.63, 3.8) is 0 Å². The molecule has 80 valence electrons. The minimum atomic E-state index is -1.86. The monoisotopic (exact) mass is 206 g/mol. The Morgan fingerprint density at radius 3 is 1.36 bits per heavy atom. The molecule has 0 saturated carbocycles. The Morgan fingerprint density at radius 1 is 0.857 bits per heavy atom. The molecule has 0 amide bonds. The quantitative estimate of drug-likeness (QED) is 0.404. The average Bonchev–Trinajstić information content (AvgIpc) is 2.03. The number of aliphatic hydroxyl groups excluding tert-OH is 2. The lowest BCUT2D eigenvalue weighted by atomic mass is 10.1. The number of ketones is 1. The van der Waals surface area contributed by atoms with Gasteiger partial charge in [0, 0.05) is 12.8 Å². The minimum absolute atomic E-state index is 0.709. The summed E-state index contributed by atoms with van der Waals surface area (Å²) < 4.78 is 0. The first-order valence-electron chi connectivity index (χ1n) is 3.68. The molecule has 7 heteroatoms. The van der Waals surface area contributed by atoms with Gasteiger partial charge in [0.2, 0.25) is 0 Å². The van der Waals surface area contributed by atoms with Gasteiger partial charge >= 0.3 is 11.9 Å². The van der Waals surface area contributed by atoms with Crippen molar-refractivity contribution in [1.82, 2.24) is 0 Å². The number of carboxylic acid groups (broad SMARTS) is 2. The fraction of sp³-hybridized carbons (Fsp3) is 0.571. The van der Waals surface area contributed by atoms with Crippen molar-refractivity contribution in [1.29, 1.82) is 0 Å². The molecule has 0 aromatic carbocycles. The van der Waals surface area contributed by atoms with E-state index in [0.717, 1.165) is 0 Å². The number of Topliss-reactive ketones (excluding diaryl/α,β-unsaturated/α-hetero) is 1. The van der Waals surface area contributed by atoms with Crippen LogP contribution in [0.15, 0.2) is 0 Å². The molecule has 0 aliphatic carbocycles. The van der Waals surface area contributed by atoms with Crippen molar-refractivity contribution in [3.8, 4) is 0 Å². The molecule has 0 saturated heterocycles. The van der Waals surface area contributed by atoms with Crippen LogP contribution in [-0.2, 0) is 14.4 Å². The molecular formula is C7H10O7. The van der Waals surface area contributed by atoms with E-state index in [1.165, 1.54) is 0 Å².